The number of nitrogens with zero attached hydrogens (tertiary/aromatic N) is 1. The molecule has 1 heterocycles. The molecule has 0 aliphatic rings. The minimum atomic E-state index is -3.34. The monoisotopic (exact) mass is 188 g/mol. The molecule has 0 atom stereocenters. The van der Waals surface area contributed by atoms with Crippen LogP contribution in [0.3, 0.4) is 0 Å². The van der Waals surface area contributed by atoms with Crippen molar-refractivity contribution in [3.63, 3.8) is 0 Å². The predicted molar refractivity (Wildman–Crippen MR) is 42.6 cm³/mol. The van der Waals surface area contributed by atoms with Gasteiger partial charge in [0, 0.05) is 0 Å². The number of rotatable bonds is 2. The SMILES string of the molecule is CCS(=O)(=O)c1cncc(=O)[nH]1. The Hall–Kier alpha value is -1.17. The van der Waals surface area contributed by atoms with E-state index in [2.05, 4.69) is 9.97 Å². The van der Waals surface area contributed by atoms with E-state index >= 15 is 0 Å². The van der Waals surface area contributed by atoms with Crippen LogP contribution in [0, 0.1) is 0 Å². The summed E-state index contributed by atoms with van der Waals surface area (Å²) < 4.78 is 22.3. The zero-order valence-electron chi connectivity index (χ0n) is 6.44. The minimum Gasteiger partial charge on any atom is -0.310 e. The smallest absolute Gasteiger partial charge is 0.267 e. The normalized spacial score (nSPS) is 11.4. The third-order valence-corrected chi connectivity index (χ3v) is 2.98. The first-order valence-corrected chi connectivity index (χ1v) is 4.98. The average molecular weight is 188 g/mol. The molecule has 0 fully saturated rings. The summed E-state index contributed by atoms with van der Waals surface area (Å²) >= 11 is 0. The molecule has 0 aliphatic heterocycles. The van der Waals surface area contributed by atoms with Gasteiger partial charge in [0.2, 0.25) is 0 Å². The second-order valence-corrected chi connectivity index (χ2v) is 4.41. The molecule has 0 aromatic carbocycles. The van der Waals surface area contributed by atoms with E-state index in [0.717, 1.165) is 12.4 Å². The van der Waals surface area contributed by atoms with Gasteiger partial charge in [-0.2, -0.15) is 0 Å². The van der Waals surface area contributed by atoms with E-state index in [1.807, 2.05) is 0 Å². The van der Waals surface area contributed by atoms with Gasteiger partial charge in [0.15, 0.2) is 14.9 Å². The Morgan fingerprint density at radius 3 is 2.67 bits per heavy atom. The molecule has 0 amide bonds. The van der Waals surface area contributed by atoms with Crippen LogP contribution in [0.15, 0.2) is 22.2 Å². The van der Waals surface area contributed by atoms with Crippen LogP contribution in [0.25, 0.3) is 0 Å². The molecule has 0 saturated heterocycles. The van der Waals surface area contributed by atoms with Gasteiger partial charge in [-0.1, -0.05) is 6.92 Å². The lowest BCUT2D eigenvalue weighted by Gasteiger charge is -1.97. The zero-order valence-corrected chi connectivity index (χ0v) is 7.26. The van der Waals surface area contributed by atoms with Crippen molar-refractivity contribution in [2.24, 2.45) is 0 Å². The fourth-order valence-corrected chi connectivity index (χ4v) is 1.46. The van der Waals surface area contributed by atoms with Crippen LogP contribution in [0.2, 0.25) is 0 Å². The van der Waals surface area contributed by atoms with Crippen LogP contribution in [0.5, 0.6) is 0 Å². The van der Waals surface area contributed by atoms with E-state index in [9.17, 15) is 13.2 Å². The summed E-state index contributed by atoms with van der Waals surface area (Å²) in [5.74, 6) is -0.0470. The summed E-state index contributed by atoms with van der Waals surface area (Å²) in [6, 6.07) is 0. The number of hydrogen-bond acceptors (Lipinski definition) is 4. The molecule has 0 bridgehead atoms. The largest absolute Gasteiger partial charge is 0.310 e. The highest BCUT2D eigenvalue weighted by atomic mass is 32.2. The molecule has 5 nitrogen and oxygen atoms in total. The average Bonchev–Trinajstić information content (AvgIpc) is 2.05. The van der Waals surface area contributed by atoms with Crippen molar-refractivity contribution in [3.05, 3.63) is 22.7 Å². The maximum atomic E-state index is 11.1. The van der Waals surface area contributed by atoms with E-state index in [0.29, 0.717) is 0 Å². The number of H-pyrrole nitrogens is 1. The minimum absolute atomic E-state index is 0.0470. The van der Waals surface area contributed by atoms with Crippen LogP contribution in [0.4, 0.5) is 0 Å². The second-order valence-electron chi connectivity index (χ2n) is 2.16. The molecule has 6 heteroatoms. The molecule has 0 aliphatic carbocycles. The Labute approximate surface area is 69.4 Å². The summed E-state index contributed by atoms with van der Waals surface area (Å²) in [6.45, 7) is 1.50. The van der Waals surface area contributed by atoms with Crippen molar-refractivity contribution < 1.29 is 8.42 Å². The lowest BCUT2D eigenvalue weighted by molar-refractivity contribution is 0.592. The Kier molecular flexibility index (Phi) is 2.27. The molecule has 1 rings (SSSR count). The summed E-state index contributed by atoms with van der Waals surface area (Å²) in [4.78, 5) is 16.3. The summed E-state index contributed by atoms with van der Waals surface area (Å²) in [5.41, 5.74) is -0.510. The van der Waals surface area contributed by atoms with Gasteiger partial charge in [0.05, 0.1) is 18.1 Å². The Bertz CT molecular complexity index is 420. The number of hydrogen-bond donors (Lipinski definition) is 1. The van der Waals surface area contributed by atoms with Crippen molar-refractivity contribution in [2.75, 3.05) is 5.75 Å². The van der Waals surface area contributed by atoms with E-state index in [1.165, 1.54) is 6.92 Å². The summed E-state index contributed by atoms with van der Waals surface area (Å²) in [5, 5.41) is -0.127. The van der Waals surface area contributed by atoms with Gasteiger partial charge in [-0.15, -0.1) is 0 Å². The van der Waals surface area contributed by atoms with Gasteiger partial charge >= 0.3 is 0 Å². The molecule has 1 aromatic heterocycles. The first kappa shape index (κ1) is 8.92. The number of aromatic amines is 1. The molecular formula is C6H8N2O3S. The van der Waals surface area contributed by atoms with Crippen molar-refractivity contribution in [2.45, 2.75) is 11.9 Å². The highest BCUT2D eigenvalue weighted by Crippen LogP contribution is 2.01. The lowest BCUT2D eigenvalue weighted by atomic mass is 10.7. The molecule has 0 radical (unpaired) electrons. The third kappa shape index (κ3) is 1.70. The van der Waals surface area contributed by atoms with Crippen LogP contribution >= 0.6 is 0 Å². The fourth-order valence-electron chi connectivity index (χ4n) is 0.672. The van der Waals surface area contributed by atoms with Crippen molar-refractivity contribution in [1.29, 1.82) is 0 Å². The van der Waals surface area contributed by atoms with Crippen LogP contribution in [-0.2, 0) is 9.84 Å². The van der Waals surface area contributed by atoms with Crippen molar-refractivity contribution >= 4 is 9.84 Å². The second kappa shape index (κ2) is 3.06. The number of sulfone groups is 1. The van der Waals surface area contributed by atoms with Gasteiger partial charge in [-0.25, -0.2) is 8.42 Å². The Balaban J connectivity index is 3.31. The van der Waals surface area contributed by atoms with E-state index in [-0.39, 0.29) is 10.8 Å². The molecule has 1 aromatic rings. The van der Waals surface area contributed by atoms with E-state index in [1.54, 1.807) is 0 Å². The number of aromatic nitrogens is 2. The standard InChI is InChI=1S/C6H8N2O3S/c1-2-12(10,11)6-4-7-3-5(9)8-6/h3-4H,2H2,1H3,(H,8,9). The quantitative estimate of drug-likeness (QED) is 0.682. The van der Waals surface area contributed by atoms with Gasteiger partial charge in [0.25, 0.3) is 5.56 Å². The van der Waals surface area contributed by atoms with Crippen LogP contribution in [-0.4, -0.2) is 24.1 Å². The van der Waals surface area contributed by atoms with E-state index in [4.69, 9.17) is 0 Å². The summed E-state index contributed by atoms with van der Waals surface area (Å²) in [6.07, 6.45) is 2.15. The van der Waals surface area contributed by atoms with Gasteiger partial charge in [-0.05, 0) is 0 Å². The first-order valence-electron chi connectivity index (χ1n) is 3.33. The topological polar surface area (TPSA) is 79.9 Å². The van der Waals surface area contributed by atoms with E-state index < -0.39 is 15.4 Å². The summed E-state index contributed by atoms with van der Waals surface area (Å²) in [7, 11) is -3.34. The van der Waals surface area contributed by atoms with Crippen LogP contribution in [0.1, 0.15) is 6.92 Å². The maximum Gasteiger partial charge on any atom is 0.267 e. The van der Waals surface area contributed by atoms with Gasteiger partial charge < -0.3 is 4.98 Å². The van der Waals surface area contributed by atoms with Crippen molar-refractivity contribution in [3.8, 4) is 0 Å². The molecular weight excluding hydrogens is 180 g/mol. The number of nitrogens with one attached hydrogen (secondary N) is 1. The highest BCUT2D eigenvalue weighted by molar-refractivity contribution is 7.91. The predicted octanol–water partition coefficient (Wildman–Crippen LogP) is -0.437. The molecule has 0 saturated carbocycles. The molecule has 0 spiro atoms. The fraction of sp³-hybridized carbons (Fsp3) is 0.333. The van der Waals surface area contributed by atoms with Crippen LogP contribution < -0.4 is 5.56 Å². The van der Waals surface area contributed by atoms with Gasteiger partial charge in [-0.3, -0.25) is 9.78 Å². The highest BCUT2D eigenvalue weighted by Gasteiger charge is 2.11. The Morgan fingerprint density at radius 1 is 1.50 bits per heavy atom. The lowest BCUT2D eigenvalue weighted by Crippen LogP contribution is -2.14. The molecule has 66 valence electrons. The maximum absolute atomic E-state index is 11.1. The third-order valence-electron chi connectivity index (χ3n) is 1.35. The zero-order chi connectivity index (χ0) is 9.19. The van der Waals surface area contributed by atoms with Crippen molar-refractivity contribution in [1.82, 2.24) is 9.97 Å². The molecule has 0 unspecified atom stereocenters. The Morgan fingerprint density at radius 2 is 2.17 bits per heavy atom. The van der Waals surface area contributed by atoms with Gasteiger partial charge in [0.1, 0.15) is 0 Å². The first-order chi connectivity index (χ1) is 5.56. The molecule has 12 heavy (non-hydrogen) atoms. The molecule has 1 N–H and O–H groups in total.